The molecular formula is C34H28ClNO6. The van der Waals surface area contributed by atoms with Gasteiger partial charge in [0.1, 0.15) is 24.3 Å². The van der Waals surface area contributed by atoms with Gasteiger partial charge in [0.15, 0.2) is 0 Å². The molecule has 0 amide bonds. The van der Waals surface area contributed by atoms with Gasteiger partial charge in [0.2, 0.25) is 11.2 Å². The summed E-state index contributed by atoms with van der Waals surface area (Å²) in [4.78, 5) is 11.9. The van der Waals surface area contributed by atoms with Crippen LogP contribution in [-0.2, 0) is 16.1 Å². The van der Waals surface area contributed by atoms with E-state index >= 15 is 0 Å². The summed E-state index contributed by atoms with van der Waals surface area (Å²) in [7, 11) is -4.94. The predicted octanol–water partition coefficient (Wildman–Crippen LogP) is 2.57. The molecule has 1 aromatic heterocycles. The number of halogens is 1. The van der Waals surface area contributed by atoms with Crippen LogP contribution in [0, 0.1) is 10.2 Å². The summed E-state index contributed by atoms with van der Waals surface area (Å²) in [5, 5.41) is 1.19. The summed E-state index contributed by atoms with van der Waals surface area (Å²) in [6.07, 6.45) is 12.5. The Balaban J connectivity index is 0.000000748. The highest BCUT2D eigenvalue weighted by atomic mass is 35.7. The fraction of sp³-hybridized carbons (Fsp3) is 0.0588. The van der Waals surface area contributed by atoms with Crippen LogP contribution < -0.4 is 23.2 Å². The van der Waals surface area contributed by atoms with Crippen molar-refractivity contribution < 1.29 is 43.0 Å². The van der Waals surface area contributed by atoms with Crippen molar-refractivity contribution in [2.75, 3.05) is 0 Å². The quantitative estimate of drug-likeness (QED) is 0.143. The van der Waals surface area contributed by atoms with Crippen molar-refractivity contribution in [3.8, 4) is 0 Å². The minimum absolute atomic E-state index is 0.583. The Morgan fingerprint density at radius 3 is 1.88 bits per heavy atom. The zero-order valence-electron chi connectivity index (χ0n) is 22.8. The first-order chi connectivity index (χ1) is 20.2. The van der Waals surface area contributed by atoms with E-state index < -0.39 is 10.2 Å². The van der Waals surface area contributed by atoms with Gasteiger partial charge in [-0.3, -0.25) is 4.79 Å². The van der Waals surface area contributed by atoms with Crippen molar-refractivity contribution in [2.45, 2.75) is 13.5 Å². The van der Waals surface area contributed by atoms with Crippen LogP contribution in [0.2, 0.25) is 0 Å². The van der Waals surface area contributed by atoms with Crippen LogP contribution in [-0.4, -0.2) is 6.29 Å². The molecule has 0 saturated heterocycles. The summed E-state index contributed by atoms with van der Waals surface area (Å²) in [6, 6.07) is 32.6. The molecule has 3 aromatic carbocycles. The molecule has 7 nitrogen and oxygen atoms in total. The second-order valence-corrected chi connectivity index (χ2v) is 9.83. The Kier molecular flexibility index (Phi) is 10.3. The van der Waals surface area contributed by atoms with E-state index in [-0.39, 0.29) is 0 Å². The normalized spacial score (nSPS) is 13.5. The summed E-state index contributed by atoms with van der Waals surface area (Å²) in [6.45, 7) is 2.97. The highest BCUT2D eigenvalue weighted by Crippen LogP contribution is 2.32. The monoisotopic (exact) mass is 581 g/mol. The molecule has 0 N–H and O–H groups in total. The van der Waals surface area contributed by atoms with Crippen molar-refractivity contribution in [2.24, 2.45) is 0 Å². The molecule has 2 heterocycles. The van der Waals surface area contributed by atoms with E-state index in [0.29, 0.717) is 5.57 Å². The Morgan fingerprint density at radius 2 is 1.33 bits per heavy atom. The summed E-state index contributed by atoms with van der Waals surface area (Å²) in [5.74, 6) is 1.54. The topological polar surface area (TPSA) is 122 Å². The number of hydrogen-bond acceptors (Lipinski definition) is 6. The Hall–Kier alpha value is -4.63. The fourth-order valence-electron chi connectivity index (χ4n) is 4.39. The number of aryl methyl sites for hydroxylation is 1. The van der Waals surface area contributed by atoms with E-state index in [1.165, 1.54) is 10.9 Å². The van der Waals surface area contributed by atoms with Crippen molar-refractivity contribution in [1.29, 1.82) is 0 Å². The molecule has 4 aromatic rings. The van der Waals surface area contributed by atoms with Crippen molar-refractivity contribution >= 4 is 34.8 Å². The minimum atomic E-state index is -4.94. The maximum atomic E-state index is 11.9. The number of rotatable bonds is 7. The average Bonchev–Trinajstić information content (AvgIpc) is 3.00. The molecule has 42 heavy (non-hydrogen) atoms. The summed E-state index contributed by atoms with van der Waals surface area (Å²) in [5.41, 5.74) is 5.74. The molecule has 212 valence electrons. The lowest BCUT2D eigenvalue weighted by atomic mass is 10.0. The van der Waals surface area contributed by atoms with Crippen molar-refractivity contribution in [3.05, 3.63) is 155 Å². The predicted molar refractivity (Wildman–Crippen MR) is 151 cm³/mol. The van der Waals surface area contributed by atoms with Gasteiger partial charge in [-0.25, -0.2) is 18.6 Å². The first-order valence-electron chi connectivity index (χ1n) is 13.1. The molecule has 8 heteroatoms. The molecule has 0 bridgehead atoms. The number of carbonyl (C=O) groups is 1. The van der Waals surface area contributed by atoms with E-state index in [1.807, 2.05) is 109 Å². The van der Waals surface area contributed by atoms with Crippen molar-refractivity contribution in [3.63, 3.8) is 0 Å². The lowest BCUT2D eigenvalue weighted by Crippen LogP contribution is -2.68. The van der Waals surface area contributed by atoms with Gasteiger partial charge in [0.05, 0.1) is 0 Å². The number of pyridine rings is 1. The first-order valence-corrected chi connectivity index (χ1v) is 14.3. The number of aromatic nitrogens is 1. The maximum absolute atomic E-state index is 11.9. The third-order valence-corrected chi connectivity index (χ3v) is 6.27. The number of nitrogens with zero attached hydrogens (tertiary/aromatic N) is 1. The molecule has 0 atom stereocenters. The van der Waals surface area contributed by atoms with Gasteiger partial charge >= 0.3 is 0 Å². The van der Waals surface area contributed by atoms with E-state index in [9.17, 15) is 4.79 Å². The number of carbonyl (C=O) groups excluding carboxylic acids is 1. The number of para-hydroxylation sites is 1. The number of ether oxygens (including phenoxy) is 1. The molecular weight excluding hydrogens is 554 g/mol. The summed E-state index contributed by atoms with van der Waals surface area (Å²) < 4.78 is 42.5. The number of aldehydes is 1. The van der Waals surface area contributed by atoms with Crippen molar-refractivity contribution in [1.82, 2.24) is 0 Å². The SMILES string of the molecule is CC[n+]1c(/C=C/C(C=O)=C/C=C2C=C(c3ccccc3)OC(c3ccccc3)=C2)ccc2ccccc21.[O-][Cl+3]([O-])([O-])[O-]. The van der Waals surface area contributed by atoms with Crippen LogP contribution in [0.25, 0.3) is 28.5 Å². The lowest BCUT2D eigenvalue weighted by Gasteiger charge is -2.19. The summed E-state index contributed by atoms with van der Waals surface area (Å²) >= 11 is 0. The van der Waals surface area contributed by atoms with Gasteiger partial charge in [-0.2, -0.15) is 4.57 Å². The molecule has 5 rings (SSSR count). The van der Waals surface area contributed by atoms with Crippen LogP contribution in [0.1, 0.15) is 23.7 Å². The molecule has 1 aliphatic rings. The van der Waals surface area contributed by atoms with E-state index in [2.05, 4.69) is 35.8 Å². The second-order valence-electron chi connectivity index (χ2n) is 9.08. The van der Waals surface area contributed by atoms with E-state index in [0.717, 1.165) is 46.7 Å². The third-order valence-electron chi connectivity index (χ3n) is 6.27. The highest BCUT2D eigenvalue weighted by molar-refractivity contribution is 5.82. The smallest absolute Gasteiger partial charge is 0.212 e. The molecule has 0 fully saturated rings. The molecule has 0 spiro atoms. The fourth-order valence-corrected chi connectivity index (χ4v) is 4.39. The second kappa shape index (κ2) is 14.3. The van der Waals surface area contributed by atoms with Crippen LogP contribution in [0.5, 0.6) is 0 Å². The number of hydrogen-bond donors (Lipinski definition) is 0. The maximum Gasteiger partial charge on any atom is 0.212 e. The standard InChI is InChI=1S/C34H28NO2.ClHO4/c1-2-35-31(22-20-28-11-9-10-16-32(28)35)21-19-26(25-36)17-18-27-23-33(29-12-5-3-6-13-29)37-34(24-27)30-14-7-4-8-15-30;2-1(3,4)5/h3-25H,2H2,1H3;(H,2,3,4,5)/q+1;/p-1/b21-19+,26-17-;. The average molecular weight is 582 g/mol. The van der Waals surface area contributed by atoms with Crippen LogP contribution >= 0.6 is 0 Å². The lowest BCUT2D eigenvalue weighted by molar-refractivity contribution is -2.00. The zero-order valence-corrected chi connectivity index (χ0v) is 23.5. The van der Waals surface area contributed by atoms with Gasteiger partial charge in [0, 0.05) is 40.3 Å². The molecule has 0 saturated carbocycles. The third kappa shape index (κ3) is 8.68. The molecule has 0 unspecified atom stereocenters. The van der Waals surface area contributed by atoms with Gasteiger partial charge in [-0.15, -0.1) is 10.2 Å². The van der Waals surface area contributed by atoms with Crippen LogP contribution in [0.4, 0.5) is 0 Å². The largest absolute Gasteiger partial charge is 0.456 e. The number of benzene rings is 3. The first kappa shape index (κ1) is 30.3. The van der Waals surface area contributed by atoms with Crippen LogP contribution in [0.3, 0.4) is 0 Å². The minimum Gasteiger partial charge on any atom is -0.456 e. The van der Waals surface area contributed by atoms with E-state index in [1.54, 1.807) is 0 Å². The van der Waals surface area contributed by atoms with Gasteiger partial charge in [0.25, 0.3) is 0 Å². The number of allylic oxidation sites excluding steroid dienone is 7. The van der Waals surface area contributed by atoms with Gasteiger partial charge < -0.3 is 4.74 Å². The van der Waals surface area contributed by atoms with Crippen LogP contribution in [0.15, 0.2) is 139 Å². The van der Waals surface area contributed by atoms with Gasteiger partial charge in [-0.05, 0) is 42.9 Å². The Morgan fingerprint density at radius 1 is 0.786 bits per heavy atom. The molecule has 1 aliphatic heterocycles. The number of fused-ring (bicyclic) bond motifs is 1. The Labute approximate surface area is 246 Å². The van der Waals surface area contributed by atoms with Gasteiger partial charge in [-0.1, -0.05) is 84.9 Å². The van der Waals surface area contributed by atoms with E-state index in [4.69, 9.17) is 23.4 Å². The molecule has 0 radical (unpaired) electrons. The Bertz CT molecular complexity index is 1620. The highest BCUT2D eigenvalue weighted by Gasteiger charge is 2.15. The zero-order chi connectivity index (χ0) is 30.0. The molecule has 0 aliphatic carbocycles.